The molecule has 0 aliphatic carbocycles. The van der Waals surface area contributed by atoms with Crippen LogP contribution in [0.2, 0.25) is 0 Å². The second-order valence-electron chi connectivity index (χ2n) is 2.25. The maximum absolute atomic E-state index is 10.7. The Kier molecular flexibility index (Phi) is 2.60. The molecule has 12 heavy (non-hydrogen) atoms. The number of carbonyl (C=O) groups excluding carboxylic acids is 1. The van der Waals surface area contributed by atoms with Gasteiger partial charge in [-0.1, -0.05) is 0 Å². The number of phenols is 1. The molecule has 1 rings (SSSR count). The Labute approximate surface area is 74.6 Å². The Hall–Kier alpha value is -1.16. The molecule has 0 spiro atoms. The molecule has 3 N–H and O–H groups in total. The van der Waals surface area contributed by atoms with Crippen molar-refractivity contribution in [1.82, 2.24) is 0 Å². The average molecular weight is 183 g/mol. The lowest BCUT2D eigenvalue weighted by atomic mass is 10.2. The van der Waals surface area contributed by atoms with Gasteiger partial charge in [-0.25, -0.2) is 0 Å². The van der Waals surface area contributed by atoms with E-state index < -0.39 is 5.91 Å². The molecule has 0 aliphatic rings. The molecule has 0 aliphatic heterocycles. The fraction of sp³-hybridized carbons (Fsp3) is 0.125. The molecule has 0 heterocycles. The molecule has 1 aromatic carbocycles. The minimum absolute atomic E-state index is 0.174. The van der Waals surface area contributed by atoms with Crippen LogP contribution in [0.25, 0.3) is 0 Å². The van der Waals surface area contributed by atoms with Crippen molar-refractivity contribution in [2.24, 2.45) is 5.73 Å². The Morgan fingerprint density at radius 2 is 2.25 bits per heavy atom. The molecular formula is C8H9NO2S. The van der Waals surface area contributed by atoms with Crippen LogP contribution in [-0.2, 0) is 0 Å². The first kappa shape index (κ1) is 8.93. The largest absolute Gasteiger partial charge is 0.507 e. The van der Waals surface area contributed by atoms with Gasteiger partial charge in [0.15, 0.2) is 0 Å². The summed E-state index contributed by atoms with van der Waals surface area (Å²) in [5.74, 6) is -0.308. The van der Waals surface area contributed by atoms with Crippen LogP contribution < -0.4 is 5.73 Å². The van der Waals surface area contributed by atoms with Gasteiger partial charge < -0.3 is 10.8 Å². The number of aromatic hydroxyl groups is 1. The number of benzene rings is 1. The molecule has 0 atom stereocenters. The van der Waals surface area contributed by atoms with E-state index in [1.807, 2.05) is 6.26 Å². The van der Waals surface area contributed by atoms with E-state index in [-0.39, 0.29) is 5.75 Å². The summed E-state index contributed by atoms with van der Waals surface area (Å²) < 4.78 is 0. The number of hydrogen-bond donors (Lipinski definition) is 2. The van der Waals surface area contributed by atoms with Crippen molar-refractivity contribution in [1.29, 1.82) is 0 Å². The van der Waals surface area contributed by atoms with Crippen molar-refractivity contribution in [3.63, 3.8) is 0 Å². The van der Waals surface area contributed by atoms with E-state index >= 15 is 0 Å². The van der Waals surface area contributed by atoms with Crippen LogP contribution in [0.5, 0.6) is 5.75 Å². The number of nitrogens with two attached hydrogens (primary N) is 1. The first-order valence-corrected chi connectivity index (χ1v) is 4.54. The molecule has 4 heteroatoms. The second kappa shape index (κ2) is 3.49. The molecular weight excluding hydrogens is 174 g/mol. The summed E-state index contributed by atoms with van der Waals surface area (Å²) in [6, 6.07) is 4.53. The van der Waals surface area contributed by atoms with Crippen molar-refractivity contribution in [3.8, 4) is 5.75 Å². The highest BCUT2D eigenvalue weighted by Crippen LogP contribution is 2.26. The monoisotopic (exact) mass is 183 g/mol. The molecule has 0 bridgehead atoms. The number of primary amides is 1. The number of hydrogen-bond acceptors (Lipinski definition) is 3. The van der Waals surface area contributed by atoms with Gasteiger partial charge in [0.1, 0.15) is 5.75 Å². The normalized spacial score (nSPS) is 9.75. The number of thioether (sulfide) groups is 1. The van der Waals surface area contributed by atoms with E-state index in [4.69, 9.17) is 5.73 Å². The van der Waals surface area contributed by atoms with Gasteiger partial charge in [0.25, 0.3) is 0 Å². The van der Waals surface area contributed by atoms with Gasteiger partial charge in [-0.05, 0) is 24.5 Å². The van der Waals surface area contributed by atoms with Crippen molar-refractivity contribution in [2.45, 2.75) is 4.90 Å². The molecule has 0 radical (unpaired) electrons. The van der Waals surface area contributed by atoms with Gasteiger partial charge in [-0.2, -0.15) is 0 Å². The summed E-state index contributed by atoms with van der Waals surface area (Å²) in [5, 5.41) is 9.24. The van der Waals surface area contributed by atoms with Gasteiger partial charge >= 0.3 is 0 Å². The molecule has 3 nitrogen and oxygen atoms in total. The van der Waals surface area contributed by atoms with E-state index in [0.29, 0.717) is 10.5 Å². The zero-order valence-electron chi connectivity index (χ0n) is 6.57. The first-order chi connectivity index (χ1) is 5.65. The van der Waals surface area contributed by atoms with E-state index in [1.54, 1.807) is 6.07 Å². The van der Waals surface area contributed by atoms with Crippen molar-refractivity contribution in [3.05, 3.63) is 23.8 Å². The summed E-state index contributed by atoms with van der Waals surface area (Å²) in [6.45, 7) is 0. The van der Waals surface area contributed by atoms with Crippen LogP contribution in [0.3, 0.4) is 0 Å². The van der Waals surface area contributed by atoms with Crippen LogP contribution in [0.15, 0.2) is 23.1 Å². The predicted molar refractivity (Wildman–Crippen MR) is 48.4 cm³/mol. The number of amides is 1. The van der Waals surface area contributed by atoms with E-state index in [9.17, 15) is 9.90 Å². The standard InChI is InChI=1S/C8H9NO2S/c1-12-7-4-5(8(9)11)2-3-6(7)10/h2-4,10H,1H3,(H2,9,11). The maximum Gasteiger partial charge on any atom is 0.248 e. The Bertz CT molecular complexity index is 312. The van der Waals surface area contributed by atoms with Crippen LogP contribution in [0.1, 0.15) is 10.4 Å². The van der Waals surface area contributed by atoms with Crippen molar-refractivity contribution in [2.75, 3.05) is 6.26 Å². The molecule has 0 saturated carbocycles. The van der Waals surface area contributed by atoms with Gasteiger partial charge in [0.2, 0.25) is 5.91 Å². The van der Waals surface area contributed by atoms with Gasteiger partial charge in [0, 0.05) is 10.5 Å². The zero-order valence-corrected chi connectivity index (χ0v) is 7.39. The summed E-state index contributed by atoms with van der Waals surface area (Å²) in [7, 11) is 0. The van der Waals surface area contributed by atoms with Crippen LogP contribution in [0, 0.1) is 0 Å². The highest BCUT2D eigenvalue weighted by molar-refractivity contribution is 7.98. The van der Waals surface area contributed by atoms with Crippen molar-refractivity contribution < 1.29 is 9.90 Å². The second-order valence-corrected chi connectivity index (χ2v) is 3.10. The van der Waals surface area contributed by atoms with E-state index in [0.717, 1.165) is 0 Å². The molecule has 1 amide bonds. The predicted octanol–water partition coefficient (Wildman–Crippen LogP) is 1.21. The lowest BCUT2D eigenvalue weighted by Gasteiger charge is -2.01. The summed E-state index contributed by atoms with van der Waals surface area (Å²) >= 11 is 1.37. The third-order valence-corrected chi connectivity index (χ3v) is 2.23. The van der Waals surface area contributed by atoms with E-state index in [1.165, 1.54) is 23.9 Å². The fourth-order valence-corrected chi connectivity index (χ4v) is 1.35. The third-order valence-electron chi connectivity index (χ3n) is 1.46. The number of rotatable bonds is 2. The number of carbonyl (C=O) groups is 1. The Morgan fingerprint density at radius 1 is 1.58 bits per heavy atom. The Morgan fingerprint density at radius 3 is 2.75 bits per heavy atom. The molecule has 0 fully saturated rings. The molecule has 0 aromatic heterocycles. The fourth-order valence-electron chi connectivity index (χ4n) is 0.831. The van der Waals surface area contributed by atoms with Gasteiger partial charge in [-0.3, -0.25) is 4.79 Å². The highest BCUT2D eigenvalue weighted by atomic mass is 32.2. The van der Waals surface area contributed by atoms with Gasteiger partial charge in [-0.15, -0.1) is 11.8 Å². The summed E-state index contributed by atoms with van der Waals surface area (Å²) in [6.07, 6.45) is 1.82. The lowest BCUT2D eigenvalue weighted by Crippen LogP contribution is -2.10. The maximum atomic E-state index is 10.7. The lowest BCUT2D eigenvalue weighted by molar-refractivity contribution is 0.1000. The van der Waals surface area contributed by atoms with Crippen LogP contribution >= 0.6 is 11.8 Å². The minimum Gasteiger partial charge on any atom is -0.507 e. The molecule has 1 aromatic rings. The highest BCUT2D eigenvalue weighted by Gasteiger charge is 2.04. The molecule has 0 unspecified atom stereocenters. The van der Waals surface area contributed by atoms with Crippen molar-refractivity contribution >= 4 is 17.7 Å². The zero-order chi connectivity index (χ0) is 9.14. The topological polar surface area (TPSA) is 63.3 Å². The smallest absolute Gasteiger partial charge is 0.248 e. The summed E-state index contributed by atoms with van der Waals surface area (Å²) in [5.41, 5.74) is 5.47. The molecule has 64 valence electrons. The van der Waals surface area contributed by atoms with E-state index in [2.05, 4.69) is 0 Å². The quantitative estimate of drug-likeness (QED) is 0.677. The first-order valence-electron chi connectivity index (χ1n) is 3.32. The Balaban J connectivity index is 3.13. The third kappa shape index (κ3) is 1.71. The van der Waals surface area contributed by atoms with Crippen LogP contribution in [-0.4, -0.2) is 17.3 Å². The minimum atomic E-state index is -0.481. The van der Waals surface area contributed by atoms with Gasteiger partial charge in [0.05, 0.1) is 0 Å². The SMILES string of the molecule is CSc1cc(C(N)=O)ccc1O. The number of phenolic OH excluding ortho intramolecular Hbond substituents is 1. The average Bonchev–Trinajstić information content (AvgIpc) is 2.05. The summed E-state index contributed by atoms with van der Waals surface area (Å²) in [4.78, 5) is 11.4. The van der Waals surface area contributed by atoms with Crippen LogP contribution in [0.4, 0.5) is 0 Å². The molecule has 0 saturated heterocycles.